The van der Waals surface area contributed by atoms with Crippen LogP contribution in [0, 0.1) is 20.8 Å². The van der Waals surface area contributed by atoms with Gasteiger partial charge in [-0.25, -0.2) is 4.79 Å². The van der Waals surface area contributed by atoms with E-state index in [1.165, 1.54) is 0 Å². The van der Waals surface area contributed by atoms with E-state index in [4.69, 9.17) is 9.47 Å². The van der Waals surface area contributed by atoms with Gasteiger partial charge in [0.2, 0.25) is 0 Å². The summed E-state index contributed by atoms with van der Waals surface area (Å²) in [5.74, 6) is 0.307. The zero-order chi connectivity index (χ0) is 15.4. The highest BCUT2D eigenvalue weighted by molar-refractivity contribution is 5.91. The normalized spacial score (nSPS) is 10.5. The molecular formula is C18H20O3. The zero-order valence-corrected chi connectivity index (χ0v) is 12.9. The molecule has 0 heterocycles. The van der Waals surface area contributed by atoms with E-state index in [2.05, 4.69) is 0 Å². The van der Waals surface area contributed by atoms with E-state index in [0.29, 0.717) is 17.9 Å². The second-order valence-corrected chi connectivity index (χ2v) is 5.18. The van der Waals surface area contributed by atoms with Gasteiger partial charge in [-0.15, -0.1) is 0 Å². The maximum Gasteiger partial charge on any atom is 0.343 e. The highest BCUT2D eigenvalue weighted by Crippen LogP contribution is 2.26. The number of hydrogen-bond donors (Lipinski definition) is 0. The summed E-state index contributed by atoms with van der Waals surface area (Å²) in [6, 6.07) is 11.3. The first-order valence-electron chi connectivity index (χ1n) is 6.89. The fraction of sp³-hybridized carbons (Fsp3) is 0.278. The summed E-state index contributed by atoms with van der Waals surface area (Å²) in [5.41, 5.74) is 4.54. The number of benzene rings is 2. The molecule has 0 aliphatic carbocycles. The summed E-state index contributed by atoms with van der Waals surface area (Å²) < 4.78 is 10.7. The molecule has 110 valence electrons. The number of hydrogen-bond acceptors (Lipinski definition) is 3. The van der Waals surface area contributed by atoms with Gasteiger partial charge in [-0.3, -0.25) is 0 Å². The van der Waals surface area contributed by atoms with Crippen LogP contribution in [0.15, 0.2) is 36.4 Å². The van der Waals surface area contributed by atoms with Crippen LogP contribution in [-0.2, 0) is 11.3 Å². The number of methoxy groups -OCH3 is 1. The lowest BCUT2D eigenvalue weighted by molar-refractivity contribution is 0.0732. The highest BCUT2D eigenvalue weighted by atomic mass is 16.5. The first-order valence-corrected chi connectivity index (χ1v) is 6.89. The highest BCUT2D eigenvalue weighted by Gasteiger charge is 2.13. The Morgan fingerprint density at radius 3 is 2.48 bits per heavy atom. The number of carbonyl (C=O) groups excluding carboxylic acids is 1. The molecule has 0 radical (unpaired) electrons. The molecule has 2 rings (SSSR count). The largest absolute Gasteiger partial charge is 0.422 e. The Morgan fingerprint density at radius 2 is 1.76 bits per heavy atom. The van der Waals surface area contributed by atoms with Gasteiger partial charge in [0.1, 0.15) is 5.75 Å². The van der Waals surface area contributed by atoms with Crippen molar-refractivity contribution in [3.05, 3.63) is 64.2 Å². The Hall–Kier alpha value is -2.13. The lowest BCUT2D eigenvalue weighted by Gasteiger charge is -2.12. The topological polar surface area (TPSA) is 35.5 Å². The fourth-order valence-electron chi connectivity index (χ4n) is 2.19. The molecule has 2 aromatic carbocycles. The lowest BCUT2D eigenvalue weighted by Crippen LogP contribution is -2.11. The second kappa shape index (κ2) is 6.55. The van der Waals surface area contributed by atoms with Crippen molar-refractivity contribution < 1.29 is 14.3 Å². The van der Waals surface area contributed by atoms with Crippen LogP contribution in [0.2, 0.25) is 0 Å². The van der Waals surface area contributed by atoms with Crippen molar-refractivity contribution in [2.75, 3.05) is 7.11 Å². The van der Waals surface area contributed by atoms with Crippen molar-refractivity contribution in [3.63, 3.8) is 0 Å². The summed E-state index contributed by atoms with van der Waals surface area (Å²) in [4.78, 5) is 12.3. The SMILES string of the molecule is COCc1cccc(C(=O)Oc2c(C)ccc(C)c2C)c1. The Bertz CT molecular complexity index is 660. The molecule has 0 fully saturated rings. The Balaban J connectivity index is 2.26. The molecular weight excluding hydrogens is 264 g/mol. The molecule has 2 aromatic rings. The van der Waals surface area contributed by atoms with E-state index in [1.807, 2.05) is 45.0 Å². The van der Waals surface area contributed by atoms with Gasteiger partial charge in [-0.1, -0.05) is 24.3 Å². The molecule has 0 spiro atoms. The van der Waals surface area contributed by atoms with E-state index in [0.717, 1.165) is 22.3 Å². The van der Waals surface area contributed by atoms with Gasteiger partial charge < -0.3 is 9.47 Å². The molecule has 0 atom stereocenters. The van der Waals surface area contributed by atoms with Crippen LogP contribution >= 0.6 is 0 Å². The first-order chi connectivity index (χ1) is 10.0. The molecule has 0 aliphatic heterocycles. The molecule has 0 aliphatic rings. The van der Waals surface area contributed by atoms with Gasteiger partial charge in [-0.05, 0) is 55.2 Å². The number of ether oxygens (including phenoxy) is 2. The summed E-state index contributed by atoms with van der Waals surface area (Å²) in [7, 11) is 1.63. The van der Waals surface area contributed by atoms with Crippen molar-refractivity contribution in [2.45, 2.75) is 27.4 Å². The van der Waals surface area contributed by atoms with Crippen LogP contribution in [0.25, 0.3) is 0 Å². The Kier molecular flexibility index (Phi) is 4.76. The number of esters is 1. The van der Waals surface area contributed by atoms with Gasteiger partial charge in [0.15, 0.2) is 0 Å². The van der Waals surface area contributed by atoms with Crippen molar-refractivity contribution in [2.24, 2.45) is 0 Å². The smallest absolute Gasteiger partial charge is 0.343 e. The van der Waals surface area contributed by atoms with Gasteiger partial charge in [0.25, 0.3) is 0 Å². The molecule has 3 heteroatoms. The van der Waals surface area contributed by atoms with Crippen molar-refractivity contribution in [1.82, 2.24) is 0 Å². The van der Waals surface area contributed by atoms with Crippen LogP contribution in [0.1, 0.15) is 32.6 Å². The Labute approximate surface area is 125 Å². The molecule has 0 saturated carbocycles. The van der Waals surface area contributed by atoms with E-state index in [1.54, 1.807) is 19.2 Å². The molecule has 3 nitrogen and oxygen atoms in total. The van der Waals surface area contributed by atoms with Gasteiger partial charge >= 0.3 is 5.97 Å². The van der Waals surface area contributed by atoms with Crippen molar-refractivity contribution >= 4 is 5.97 Å². The average Bonchev–Trinajstić information content (AvgIpc) is 2.48. The molecule has 21 heavy (non-hydrogen) atoms. The van der Waals surface area contributed by atoms with E-state index < -0.39 is 0 Å². The van der Waals surface area contributed by atoms with Crippen LogP contribution < -0.4 is 4.74 Å². The molecule has 0 unspecified atom stereocenters. The maximum absolute atomic E-state index is 12.3. The second-order valence-electron chi connectivity index (χ2n) is 5.18. The number of carbonyl (C=O) groups is 1. The van der Waals surface area contributed by atoms with Gasteiger partial charge in [-0.2, -0.15) is 0 Å². The summed E-state index contributed by atoms with van der Waals surface area (Å²) >= 11 is 0. The Morgan fingerprint density at radius 1 is 1.05 bits per heavy atom. The van der Waals surface area contributed by atoms with E-state index >= 15 is 0 Å². The summed E-state index contributed by atoms with van der Waals surface area (Å²) in [6.45, 7) is 6.39. The molecule has 0 saturated heterocycles. The van der Waals surface area contributed by atoms with Crippen LogP contribution in [0.4, 0.5) is 0 Å². The standard InChI is InChI=1S/C18H20O3/c1-12-8-9-13(2)17(14(12)3)21-18(19)16-7-5-6-15(10-16)11-20-4/h5-10H,11H2,1-4H3. The van der Waals surface area contributed by atoms with E-state index in [9.17, 15) is 4.79 Å². The number of rotatable bonds is 4. The minimum atomic E-state index is -0.343. The zero-order valence-electron chi connectivity index (χ0n) is 12.9. The molecule has 0 N–H and O–H groups in total. The average molecular weight is 284 g/mol. The van der Waals surface area contributed by atoms with Gasteiger partial charge in [0, 0.05) is 7.11 Å². The molecule has 0 amide bonds. The number of aryl methyl sites for hydroxylation is 2. The minimum Gasteiger partial charge on any atom is -0.422 e. The van der Waals surface area contributed by atoms with E-state index in [-0.39, 0.29) is 5.97 Å². The third-order valence-corrected chi connectivity index (χ3v) is 3.54. The minimum absolute atomic E-state index is 0.343. The first kappa shape index (κ1) is 15.3. The summed E-state index contributed by atoms with van der Waals surface area (Å²) in [5, 5.41) is 0. The lowest BCUT2D eigenvalue weighted by atomic mass is 10.1. The summed E-state index contributed by atoms with van der Waals surface area (Å²) in [6.07, 6.45) is 0. The van der Waals surface area contributed by atoms with Gasteiger partial charge in [0.05, 0.1) is 12.2 Å². The third kappa shape index (κ3) is 3.50. The van der Waals surface area contributed by atoms with Crippen molar-refractivity contribution in [1.29, 1.82) is 0 Å². The van der Waals surface area contributed by atoms with Crippen LogP contribution in [-0.4, -0.2) is 13.1 Å². The predicted octanol–water partition coefficient (Wildman–Crippen LogP) is 3.98. The van der Waals surface area contributed by atoms with Crippen molar-refractivity contribution in [3.8, 4) is 5.75 Å². The quantitative estimate of drug-likeness (QED) is 0.629. The predicted molar refractivity (Wildman–Crippen MR) is 82.8 cm³/mol. The molecule has 0 aromatic heterocycles. The fourth-order valence-corrected chi connectivity index (χ4v) is 2.19. The van der Waals surface area contributed by atoms with Crippen LogP contribution in [0.5, 0.6) is 5.75 Å². The third-order valence-electron chi connectivity index (χ3n) is 3.54. The maximum atomic E-state index is 12.3. The van der Waals surface area contributed by atoms with Crippen LogP contribution in [0.3, 0.4) is 0 Å². The monoisotopic (exact) mass is 284 g/mol. The molecule has 0 bridgehead atoms.